The predicted octanol–water partition coefficient (Wildman–Crippen LogP) is 4.28. The lowest BCUT2D eigenvalue weighted by atomic mass is 10.0. The number of nitrogens with zero attached hydrogens (tertiary/aromatic N) is 2. The third kappa shape index (κ3) is 1.60. The topological polar surface area (TPSA) is 27.1 Å². The van der Waals surface area contributed by atoms with E-state index in [1.807, 2.05) is 0 Å². The van der Waals surface area contributed by atoms with Crippen molar-refractivity contribution in [2.75, 3.05) is 7.11 Å². The fourth-order valence-corrected chi connectivity index (χ4v) is 4.54. The third-order valence-corrected chi connectivity index (χ3v) is 5.27. The van der Waals surface area contributed by atoms with Gasteiger partial charge in [-0.05, 0) is 66.2 Å². The van der Waals surface area contributed by atoms with Crippen LogP contribution in [0.25, 0.3) is 11.0 Å². The smallest absolute Gasteiger partial charge is 0.178 e. The molecule has 3 rings (SSSR count). The van der Waals surface area contributed by atoms with E-state index < -0.39 is 0 Å². The average Bonchev–Trinajstić information content (AvgIpc) is 2.66. The number of hydrogen-bond donors (Lipinski definition) is 0. The highest BCUT2D eigenvalue weighted by atomic mass is 79.9. The highest BCUT2D eigenvalue weighted by molar-refractivity contribution is 9.11. The molecule has 0 atom stereocenters. The summed E-state index contributed by atoms with van der Waals surface area (Å²) in [6.07, 6.45) is 2.18. The van der Waals surface area contributed by atoms with Crippen molar-refractivity contribution < 1.29 is 4.74 Å². The first-order valence-electron chi connectivity index (χ1n) is 5.24. The zero-order chi connectivity index (χ0) is 12.2. The molecule has 0 saturated heterocycles. The normalized spacial score (nSPS) is 14.4. The van der Waals surface area contributed by atoms with Gasteiger partial charge in [0.05, 0.1) is 21.6 Å². The zero-order valence-corrected chi connectivity index (χ0v) is 13.8. The molecule has 0 aliphatic carbocycles. The molecular formula is C11H9Br3N2O. The maximum Gasteiger partial charge on any atom is 0.178 e. The van der Waals surface area contributed by atoms with Crippen molar-refractivity contribution in [1.29, 1.82) is 0 Å². The molecular weight excluding hydrogens is 416 g/mol. The molecule has 2 aromatic rings. The third-order valence-electron chi connectivity index (χ3n) is 3.09. The van der Waals surface area contributed by atoms with Gasteiger partial charge in [0, 0.05) is 6.54 Å². The van der Waals surface area contributed by atoms with Gasteiger partial charge >= 0.3 is 0 Å². The van der Waals surface area contributed by atoms with Crippen LogP contribution in [0.2, 0.25) is 0 Å². The van der Waals surface area contributed by atoms with E-state index in [2.05, 4.69) is 57.3 Å². The molecule has 17 heavy (non-hydrogen) atoms. The number of rotatable bonds is 1. The Hall–Kier alpha value is -0.0700. The minimum Gasteiger partial charge on any atom is -0.494 e. The summed E-state index contributed by atoms with van der Waals surface area (Å²) >= 11 is 10.7. The van der Waals surface area contributed by atoms with E-state index in [-0.39, 0.29) is 0 Å². The standard InChI is InChI=1S/C11H9Br3N2O/c1-17-10-6(12)5-3-2-4-16-9(5)8(7(10)13)15-11(16)14/h2-4H2,1H3. The van der Waals surface area contributed by atoms with E-state index in [0.717, 1.165) is 44.3 Å². The predicted molar refractivity (Wildman–Crippen MR) is 77.7 cm³/mol. The van der Waals surface area contributed by atoms with Crippen LogP contribution in [0.4, 0.5) is 0 Å². The molecule has 0 saturated carbocycles. The van der Waals surface area contributed by atoms with Crippen LogP contribution in [0.1, 0.15) is 12.0 Å². The lowest BCUT2D eigenvalue weighted by Crippen LogP contribution is -2.09. The molecule has 0 fully saturated rings. The Morgan fingerprint density at radius 1 is 1.24 bits per heavy atom. The number of methoxy groups -OCH3 is 1. The van der Waals surface area contributed by atoms with Crippen molar-refractivity contribution in [3.8, 4) is 5.75 Å². The van der Waals surface area contributed by atoms with Gasteiger partial charge in [0.2, 0.25) is 0 Å². The van der Waals surface area contributed by atoms with Crippen molar-refractivity contribution in [2.45, 2.75) is 19.4 Å². The molecule has 3 nitrogen and oxygen atoms in total. The van der Waals surface area contributed by atoms with Crippen molar-refractivity contribution in [3.63, 3.8) is 0 Å². The molecule has 0 radical (unpaired) electrons. The summed E-state index contributed by atoms with van der Waals surface area (Å²) in [6, 6.07) is 0. The van der Waals surface area contributed by atoms with E-state index in [9.17, 15) is 0 Å². The Balaban J connectivity index is 2.51. The summed E-state index contributed by atoms with van der Waals surface area (Å²) in [5.74, 6) is 0.826. The number of aromatic nitrogens is 2. The van der Waals surface area contributed by atoms with E-state index >= 15 is 0 Å². The van der Waals surface area contributed by atoms with Gasteiger partial charge in [-0.25, -0.2) is 4.98 Å². The SMILES string of the molecule is COc1c(Br)c2c3c(nc(Br)n3CCC2)c1Br. The monoisotopic (exact) mass is 422 g/mol. The minimum absolute atomic E-state index is 0.826. The zero-order valence-electron chi connectivity index (χ0n) is 9.06. The molecule has 0 unspecified atom stereocenters. The van der Waals surface area contributed by atoms with E-state index in [1.165, 1.54) is 11.1 Å². The van der Waals surface area contributed by atoms with Crippen molar-refractivity contribution in [3.05, 3.63) is 19.2 Å². The molecule has 0 amide bonds. The van der Waals surface area contributed by atoms with Gasteiger partial charge in [-0.1, -0.05) is 0 Å². The van der Waals surface area contributed by atoms with Crippen LogP contribution in [-0.4, -0.2) is 16.7 Å². The Morgan fingerprint density at radius 2 is 2.00 bits per heavy atom. The summed E-state index contributed by atoms with van der Waals surface area (Å²) in [7, 11) is 1.68. The second-order valence-electron chi connectivity index (χ2n) is 3.97. The average molecular weight is 425 g/mol. The van der Waals surface area contributed by atoms with Crippen LogP contribution < -0.4 is 4.74 Å². The Bertz CT molecular complexity index is 621. The summed E-state index contributed by atoms with van der Waals surface area (Å²) < 4.78 is 10.5. The Morgan fingerprint density at radius 3 is 2.71 bits per heavy atom. The van der Waals surface area contributed by atoms with Gasteiger partial charge in [0.1, 0.15) is 11.3 Å². The van der Waals surface area contributed by atoms with Crippen LogP contribution in [0.3, 0.4) is 0 Å². The van der Waals surface area contributed by atoms with Gasteiger partial charge in [-0.15, -0.1) is 0 Å². The molecule has 0 spiro atoms. The number of hydrogen-bond acceptors (Lipinski definition) is 2. The van der Waals surface area contributed by atoms with E-state index in [1.54, 1.807) is 7.11 Å². The molecule has 0 bridgehead atoms. The van der Waals surface area contributed by atoms with Crippen LogP contribution >= 0.6 is 47.8 Å². The summed E-state index contributed by atoms with van der Waals surface area (Å²) in [5.41, 5.74) is 3.44. The van der Waals surface area contributed by atoms with Crippen molar-refractivity contribution >= 4 is 58.8 Å². The molecule has 1 aromatic carbocycles. The lowest BCUT2D eigenvalue weighted by Gasteiger charge is -2.19. The quantitative estimate of drug-likeness (QED) is 0.683. The highest BCUT2D eigenvalue weighted by Gasteiger charge is 2.25. The highest BCUT2D eigenvalue weighted by Crippen LogP contribution is 2.45. The number of ether oxygens (including phenoxy) is 1. The van der Waals surface area contributed by atoms with Gasteiger partial charge < -0.3 is 9.30 Å². The molecule has 1 aliphatic heterocycles. The second-order valence-corrected chi connectivity index (χ2v) is 6.27. The Labute approximate surface area is 124 Å². The molecule has 1 aromatic heterocycles. The second kappa shape index (κ2) is 4.24. The summed E-state index contributed by atoms with van der Waals surface area (Å²) in [4.78, 5) is 4.57. The lowest BCUT2D eigenvalue weighted by molar-refractivity contribution is 0.409. The first kappa shape index (κ1) is 12.0. The van der Waals surface area contributed by atoms with Crippen LogP contribution in [0.5, 0.6) is 5.75 Å². The van der Waals surface area contributed by atoms with E-state index in [4.69, 9.17) is 4.74 Å². The van der Waals surface area contributed by atoms with Crippen LogP contribution in [0.15, 0.2) is 13.7 Å². The van der Waals surface area contributed by atoms with Gasteiger partial charge in [0.15, 0.2) is 4.73 Å². The van der Waals surface area contributed by atoms with Crippen molar-refractivity contribution in [1.82, 2.24) is 9.55 Å². The molecule has 6 heteroatoms. The van der Waals surface area contributed by atoms with Crippen LogP contribution in [-0.2, 0) is 13.0 Å². The fraction of sp³-hybridized carbons (Fsp3) is 0.364. The summed E-state index contributed by atoms with van der Waals surface area (Å²) in [5, 5.41) is 0. The number of halogens is 3. The van der Waals surface area contributed by atoms with Gasteiger partial charge in [0.25, 0.3) is 0 Å². The Kier molecular flexibility index (Phi) is 2.99. The van der Waals surface area contributed by atoms with E-state index in [0.29, 0.717) is 0 Å². The number of imidazole rings is 1. The first-order valence-corrected chi connectivity index (χ1v) is 7.62. The number of benzene rings is 1. The van der Waals surface area contributed by atoms with Crippen LogP contribution in [0, 0.1) is 0 Å². The maximum atomic E-state index is 5.44. The largest absolute Gasteiger partial charge is 0.494 e. The molecule has 1 aliphatic rings. The number of aryl methyl sites for hydroxylation is 2. The molecule has 0 N–H and O–H groups in total. The first-order chi connectivity index (χ1) is 8.15. The molecule has 2 heterocycles. The summed E-state index contributed by atoms with van der Waals surface area (Å²) in [6.45, 7) is 1.01. The van der Waals surface area contributed by atoms with Crippen molar-refractivity contribution in [2.24, 2.45) is 0 Å². The minimum atomic E-state index is 0.826. The fourth-order valence-electron chi connectivity index (χ4n) is 2.35. The van der Waals surface area contributed by atoms with Gasteiger partial charge in [-0.3, -0.25) is 0 Å². The maximum absolute atomic E-state index is 5.44. The van der Waals surface area contributed by atoms with Gasteiger partial charge in [-0.2, -0.15) is 0 Å². The molecule has 90 valence electrons.